The molecule has 0 spiro atoms. The number of ether oxygens (including phenoxy) is 1. The van der Waals surface area contributed by atoms with Crippen molar-refractivity contribution in [2.75, 3.05) is 13.6 Å². The van der Waals surface area contributed by atoms with Crippen LogP contribution in [-0.2, 0) is 19.6 Å². The Balaban J connectivity index is 1.91. The molecule has 1 N–H and O–H groups in total. The number of carbonyl (C=O) groups excluding carboxylic acids is 1. The number of sulfonamides is 1. The Kier molecular flexibility index (Phi) is 4.15. The van der Waals surface area contributed by atoms with Gasteiger partial charge in [-0.25, -0.2) is 12.7 Å². The van der Waals surface area contributed by atoms with Crippen molar-refractivity contribution in [1.29, 1.82) is 0 Å². The summed E-state index contributed by atoms with van der Waals surface area (Å²) in [5.74, 6) is -0.275. The van der Waals surface area contributed by atoms with Crippen LogP contribution in [0.5, 0.6) is 0 Å². The first kappa shape index (κ1) is 15.7. The van der Waals surface area contributed by atoms with Gasteiger partial charge in [0.1, 0.15) is 0 Å². The lowest BCUT2D eigenvalue weighted by Crippen LogP contribution is -2.40. The van der Waals surface area contributed by atoms with Crippen LogP contribution in [0.4, 0.5) is 0 Å². The first-order chi connectivity index (χ1) is 9.12. The second kappa shape index (κ2) is 5.27. The Morgan fingerprint density at radius 2 is 1.90 bits per heavy atom. The summed E-state index contributed by atoms with van der Waals surface area (Å²) in [5, 5.41) is 2.87. The van der Waals surface area contributed by atoms with Gasteiger partial charge in [0, 0.05) is 26.1 Å². The van der Waals surface area contributed by atoms with Crippen molar-refractivity contribution in [2.45, 2.75) is 57.6 Å². The van der Waals surface area contributed by atoms with Crippen molar-refractivity contribution >= 4 is 16.0 Å². The maximum Gasteiger partial charge on any atom is 0.312 e. The molecule has 1 saturated carbocycles. The Morgan fingerprint density at radius 1 is 1.30 bits per heavy atom. The highest BCUT2D eigenvalue weighted by Crippen LogP contribution is 2.32. The molecule has 2 aliphatic rings. The van der Waals surface area contributed by atoms with E-state index in [9.17, 15) is 13.2 Å². The number of nitrogens with zero attached hydrogens (tertiary/aromatic N) is 1. The van der Waals surface area contributed by atoms with E-state index < -0.39 is 21.7 Å². The van der Waals surface area contributed by atoms with Gasteiger partial charge < -0.3 is 4.74 Å². The van der Waals surface area contributed by atoms with Crippen LogP contribution in [0.15, 0.2) is 0 Å². The van der Waals surface area contributed by atoms with E-state index in [0.29, 0.717) is 13.0 Å². The zero-order valence-electron chi connectivity index (χ0n) is 12.5. The molecule has 0 bridgehead atoms. The predicted octanol–water partition coefficient (Wildman–Crippen LogP) is 0.688. The van der Waals surface area contributed by atoms with Crippen LogP contribution in [0.25, 0.3) is 0 Å². The maximum absolute atomic E-state index is 12.2. The first-order valence-corrected chi connectivity index (χ1v) is 8.54. The van der Waals surface area contributed by atoms with Crippen LogP contribution < -0.4 is 5.32 Å². The monoisotopic (exact) mass is 304 g/mol. The average molecular weight is 304 g/mol. The fraction of sp³-hybridized carbons (Fsp3) is 0.923. The summed E-state index contributed by atoms with van der Waals surface area (Å²) >= 11 is 0. The second-order valence-electron chi connectivity index (χ2n) is 6.70. The molecule has 0 aromatic rings. The lowest BCUT2D eigenvalue weighted by molar-refractivity contribution is -0.159. The number of nitrogens with one attached hydrogen (secondary N) is 1. The molecule has 1 aliphatic carbocycles. The molecule has 20 heavy (non-hydrogen) atoms. The van der Waals surface area contributed by atoms with Gasteiger partial charge in [0.2, 0.25) is 10.0 Å². The number of carbonyl (C=O) groups is 1. The van der Waals surface area contributed by atoms with E-state index in [1.807, 2.05) is 0 Å². The molecular formula is C13H24N2O4S. The fourth-order valence-corrected chi connectivity index (χ4v) is 3.94. The molecule has 0 aromatic heterocycles. The van der Waals surface area contributed by atoms with E-state index in [0.717, 1.165) is 12.8 Å². The first-order valence-electron chi connectivity index (χ1n) is 7.03. The zero-order chi connectivity index (χ0) is 15.1. The summed E-state index contributed by atoms with van der Waals surface area (Å²) < 4.78 is 31.1. The van der Waals surface area contributed by atoms with Gasteiger partial charge in [0.15, 0.2) is 6.23 Å². The van der Waals surface area contributed by atoms with Gasteiger partial charge in [-0.2, -0.15) is 0 Å². The number of hydrogen-bond donors (Lipinski definition) is 1. The topological polar surface area (TPSA) is 75.7 Å². The van der Waals surface area contributed by atoms with Crippen molar-refractivity contribution in [1.82, 2.24) is 9.62 Å². The SMILES string of the molecule is CN([C@H]1CNC(OC(=O)C(C)(C)C)C1)S(=O)(=O)C1CC1. The Bertz CT molecular complexity index is 479. The molecule has 0 radical (unpaired) electrons. The Morgan fingerprint density at radius 3 is 2.40 bits per heavy atom. The molecule has 1 aliphatic heterocycles. The summed E-state index contributed by atoms with van der Waals surface area (Å²) in [4.78, 5) is 11.8. The minimum absolute atomic E-state index is 0.140. The summed E-state index contributed by atoms with van der Waals surface area (Å²) in [7, 11) is -1.56. The van der Waals surface area contributed by atoms with E-state index in [2.05, 4.69) is 5.32 Å². The average Bonchev–Trinajstić information content (AvgIpc) is 3.09. The minimum Gasteiger partial charge on any atom is -0.446 e. The number of rotatable bonds is 4. The quantitative estimate of drug-likeness (QED) is 0.773. The molecule has 0 amide bonds. The third-order valence-corrected chi connectivity index (χ3v) is 6.21. The van der Waals surface area contributed by atoms with Crippen molar-refractivity contribution in [3.63, 3.8) is 0 Å². The number of hydrogen-bond acceptors (Lipinski definition) is 5. The molecule has 2 atom stereocenters. The van der Waals surface area contributed by atoms with Gasteiger partial charge in [-0.15, -0.1) is 0 Å². The highest BCUT2D eigenvalue weighted by atomic mass is 32.2. The van der Waals surface area contributed by atoms with Gasteiger partial charge >= 0.3 is 5.97 Å². The van der Waals surface area contributed by atoms with E-state index >= 15 is 0 Å². The van der Waals surface area contributed by atoms with E-state index in [1.54, 1.807) is 27.8 Å². The van der Waals surface area contributed by atoms with E-state index in [-0.39, 0.29) is 17.3 Å². The molecule has 1 saturated heterocycles. The molecule has 116 valence electrons. The second-order valence-corrected chi connectivity index (χ2v) is 8.97. The van der Waals surface area contributed by atoms with Crippen molar-refractivity contribution < 1.29 is 17.9 Å². The smallest absolute Gasteiger partial charge is 0.312 e. The third kappa shape index (κ3) is 3.32. The molecular weight excluding hydrogens is 280 g/mol. The third-order valence-electron chi connectivity index (χ3n) is 3.79. The lowest BCUT2D eigenvalue weighted by Gasteiger charge is -2.23. The van der Waals surface area contributed by atoms with Crippen LogP contribution >= 0.6 is 0 Å². The fourth-order valence-electron chi connectivity index (χ4n) is 2.16. The highest BCUT2D eigenvalue weighted by Gasteiger charge is 2.43. The zero-order valence-corrected chi connectivity index (χ0v) is 13.4. The maximum atomic E-state index is 12.2. The summed E-state index contributed by atoms with van der Waals surface area (Å²) in [6, 6.07) is -0.140. The van der Waals surface area contributed by atoms with Crippen LogP contribution in [0.1, 0.15) is 40.0 Å². The Hall–Kier alpha value is -0.660. The van der Waals surface area contributed by atoms with E-state index in [1.165, 1.54) is 4.31 Å². The normalized spacial score (nSPS) is 27.9. The minimum atomic E-state index is -3.18. The number of likely N-dealkylation sites (N-methyl/N-ethyl adjacent to an activating group) is 1. The van der Waals surface area contributed by atoms with Gasteiger partial charge in [-0.1, -0.05) is 0 Å². The van der Waals surface area contributed by atoms with Gasteiger partial charge in [-0.05, 0) is 33.6 Å². The largest absolute Gasteiger partial charge is 0.446 e. The standard InChI is InChI=1S/C13H24N2O4S/c1-13(2,3)12(16)19-11-7-9(8-14-11)15(4)20(17,18)10-5-6-10/h9-11,14H,5-8H2,1-4H3/t9-,11?/m1/s1. The molecule has 1 heterocycles. The highest BCUT2D eigenvalue weighted by molar-refractivity contribution is 7.90. The van der Waals surface area contributed by atoms with E-state index in [4.69, 9.17) is 4.74 Å². The Labute approximate surface area is 120 Å². The van der Waals surface area contributed by atoms with Crippen LogP contribution in [0.3, 0.4) is 0 Å². The molecule has 0 aromatic carbocycles. The van der Waals surface area contributed by atoms with Gasteiger partial charge in [-0.3, -0.25) is 10.1 Å². The molecule has 6 nitrogen and oxygen atoms in total. The predicted molar refractivity (Wildman–Crippen MR) is 75.4 cm³/mol. The van der Waals surface area contributed by atoms with Crippen LogP contribution in [0, 0.1) is 5.41 Å². The van der Waals surface area contributed by atoms with Crippen LogP contribution in [0.2, 0.25) is 0 Å². The summed E-state index contributed by atoms with van der Waals surface area (Å²) in [6.07, 6.45) is 1.62. The van der Waals surface area contributed by atoms with Crippen molar-refractivity contribution in [3.05, 3.63) is 0 Å². The molecule has 1 unspecified atom stereocenters. The molecule has 2 fully saturated rings. The molecule has 2 rings (SSSR count). The number of esters is 1. The van der Waals surface area contributed by atoms with Crippen LogP contribution in [-0.4, -0.2) is 49.8 Å². The van der Waals surface area contributed by atoms with Crippen molar-refractivity contribution in [3.8, 4) is 0 Å². The summed E-state index contributed by atoms with van der Waals surface area (Å²) in [5.41, 5.74) is -0.550. The van der Waals surface area contributed by atoms with Gasteiger partial charge in [0.25, 0.3) is 0 Å². The lowest BCUT2D eigenvalue weighted by atomic mass is 9.97. The van der Waals surface area contributed by atoms with Gasteiger partial charge in [0.05, 0.1) is 10.7 Å². The molecule has 7 heteroatoms. The summed E-state index contributed by atoms with van der Waals surface area (Å²) in [6.45, 7) is 5.91. The van der Waals surface area contributed by atoms with Crippen molar-refractivity contribution in [2.24, 2.45) is 5.41 Å².